The molecule has 0 saturated carbocycles. The van der Waals surface area contributed by atoms with E-state index >= 15 is 0 Å². The Balaban J connectivity index is 2.49. The second-order valence-corrected chi connectivity index (χ2v) is 5.62. The lowest BCUT2D eigenvalue weighted by Crippen LogP contribution is -2.10. The molecule has 0 aliphatic heterocycles. The van der Waals surface area contributed by atoms with Gasteiger partial charge in [-0.1, -0.05) is 33.4 Å². The lowest BCUT2D eigenvalue weighted by Gasteiger charge is -2.18. The molecule has 84 valence electrons. The third-order valence-electron chi connectivity index (χ3n) is 2.42. The van der Waals surface area contributed by atoms with Crippen molar-refractivity contribution in [3.8, 4) is 0 Å². The highest BCUT2D eigenvalue weighted by Gasteiger charge is 2.15. The van der Waals surface area contributed by atoms with E-state index in [2.05, 4.69) is 44.5 Å². The Morgan fingerprint density at radius 3 is 2.75 bits per heavy atom. The van der Waals surface area contributed by atoms with Crippen LogP contribution in [0, 0.1) is 0 Å². The molecular formula is C13H15NOS. The number of oxazole rings is 1. The Bertz CT molecular complexity index is 522. The molecule has 0 saturated heterocycles. The zero-order chi connectivity index (χ0) is 11.8. The number of rotatable bonds is 2. The maximum absolute atomic E-state index is 5.56. The number of fused-ring (bicyclic) bond motifs is 1. The summed E-state index contributed by atoms with van der Waals surface area (Å²) in [5, 5.41) is 2.37. The highest BCUT2D eigenvalue weighted by Crippen LogP contribution is 2.28. The zero-order valence-electron chi connectivity index (χ0n) is 9.78. The fourth-order valence-electron chi connectivity index (χ4n) is 1.49. The lowest BCUT2D eigenvalue weighted by molar-refractivity contribution is 0.490. The topological polar surface area (TPSA) is 26.0 Å². The van der Waals surface area contributed by atoms with Gasteiger partial charge in [-0.25, -0.2) is 4.98 Å². The van der Waals surface area contributed by atoms with Crippen molar-refractivity contribution in [2.45, 2.75) is 31.4 Å². The van der Waals surface area contributed by atoms with E-state index in [-0.39, 0.29) is 5.41 Å². The Morgan fingerprint density at radius 1 is 1.38 bits per heavy atom. The van der Waals surface area contributed by atoms with Crippen LogP contribution in [0.4, 0.5) is 0 Å². The molecule has 0 aliphatic carbocycles. The van der Waals surface area contributed by atoms with Crippen molar-refractivity contribution in [1.29, 1.82) is 0 Å². The molecule has 0 radical (unpaired) electrons. The van der Waals surface area contributed by atoms with Gasteiger partial charge in [-0.2, -0.15) is 0 Å². The number of thioether (sulfide) groups is 1. The van der Waals surface area contributed by atoms with Crippen LogP contribution < -0.4 is 0 Å². The average molecular weight is 233 g/mol. The summed E-state index contributed by atoms with van der Waals surface area (Å²) in [6, 6.07) is 6.16. The molecule has 1 aromatic heterocycles. The summed E-state index contributed by atoms with van der Waals surface area (Å²) in [5.41, 5.74) is 3.15. The van der Waals surface area contributed by atoms with Gasteiger partial charge in [-0.05, 0) is 40.3 Å². The van der Waals surface area contributed by atoms with Crippen LogP contribution in [0.5, 0.6) is 0 Å². The quantitative estimate of drug-likeness (QED) is 0.721. The fourth-order valence-corrected chi connectivity index (χ4v) is 1.93. The first-order chi connectivity index (χ1) is 7.50. The molecule has 0 atom stereocenters. The number of hydrogen-bond acceptors (Lipinski definition) is 3. The van der Waals surface area contributed by atoms with Gasteiger partial charge in [0.05, 0.1) is 0 Å². The van der Waals surface area contributed by atoms with Gasteiger partial charge in [-0.3, -0.25) is 0 Å². The summed E-state index contributed by atoms with van der Waals surface area (Å²) >= 11 is 1.40. The van der Waals surface area contributed by atoms with Gasteiger partial charge in [0.1, 0.15) is 5.52 Å². The van der Waals surface area contributed by atoms with Crippen LogP contribution in [0.1, 0.15) is 26.3 Å². The summed E-state index contributed by atoms with van der Waals surface area (Å²) in [7, 11) is 0. The summed E-state index contributed by atoms with van der Waals surface area (Å²) in [4.78, 5) is 4.40. The Labute approximate surface area is 99.8 Å². The summed E-state index contributed by atoms with van der Waals surface area (Å²) < 4.78 is 5.56. The predicted molar refractivity (Wildman–Crippen MR) is 68.8 cm³/mol. The molecule has 1 aromatic carbocycles. The molecule has 2 rings (SSSR count). The van der Waals surface area contributed by atoms with Gasteiger partial charge in [-0.15, -0.1) is 0 Å². The van der Waals surface area contributed by atoms with Crippen molar-refractivity contribution in [2.24, 2.45) is 0 Å². The summed E-state index contributed by atoms with van der Waals surface area (Å²) in [6.45, 7) is 10.2. The summed E-state index contributed by atoms with van der Waals surface area (Å²) in [6.07, 6.45) is 0. The SMILES string of the molecule is C=CSc1nc2cc(C(C)(C)C)ccc2o1. The largest absolute Gasteiger partial charge is 0.431 e. The molecule has 0 N–H and O–H groups in total. The van der Waals surface area contributed by atoms with Gasteiger partial charge < -0.3 is 4.42 Å². The molecule has 1 heterocycles. The molecule has 0 amide bonds. The van der Waals surface area contributed by atoms with E-state index in [1.165, 1.54) is 17.3 Å². The molecule has 0 aliphatic rings. The van der Waals surface area contributed by atoms with Gasteiger partial charge >= 0.3 is 0 Å². The molecule has 0 spiro atoms. The van der Waals surface area contributed by atoms with Gasteiger partial charge in [0, 0.05) is 0 Å². The van der Waals surface area contributed by atoms with Crippen molar-refractivity contribution in [3.05, 3.63) is 35.7 Å². The maximum atomic E-state index is 5.56. The normalized spacial score (nSPS) is 11.9. The molecule has 0 unspecified atom stereocenters. The third kappa shape index (κ3) is 2.14. The van der Waals surface area contributed by atoms with Crippen LogP contribution in [0.3, 0.4) is 0 Å². The average Bonchev–Trinajstić information content (AvgIpc) is 2.57. The van der Waals surface area contributed by atoms with Crippen LogP contribution in [-0.2, 0) is 5.41 Å². The summed E-state index contributed by atoms with van der Waals surface area (Å²) in [5.74, 6) is 0. The third-order valence-corrected chi connectivity index (χ3v) is 2.96. The second kappa shape index (κ2) is 3.98. The second-order valence-electron chi connectivity index (χ2n) is 4.70. The van der Waals surface area contributed by atoms with E-state index in [0.29, 0.717) is 5.22 Å². The van der Waals surface area contributed by atoms with Crippen molar-refractivity contribution in [2.75, 3.05) is 0 Å². The minimum atomic E-state index is 0.138. The molecule has 0 bridgehead atoms. The monoisotopic (exact) mass is 233 g/mol. The van der Waals surface area contributed by atoms with Crippen LogP contribution in [0.2, 0.25) is 0 Å². The highest BCUT2D eigenvalue weighted by molar-refractivity contribution is 8.01. The van der Waals surface area contributed by atoms with Crippen LogP contribution >= 0.6 is 11.8 Å². The zero-order valence-corrected chi connectivity index (χ0v) is 10.6. The standard InChI is InChI=1S/C13H15NOS/c1-5-16-12-14-10-8-9(13(2,3)4)6-7-11(10)15-12/h5-8H,1H2,2-4H3. The lowest BCUT2D eigenvalue weighted by atomic mass is 9.87. The highest BCUT2D eigenvalue weighted by atomic mass is 32.2. The van der Waals surface area contributed by atoms with E-state index in [0.717, 1.165) is 11.1 Å². The fraction of sp³-hybridized carbons (Fsp3) is 0.308. The Kier molecular flexibility index (Phi) is 2.80. The van der Waals surface area contributed by atoms with Crippen molar-refractivity contribution in [3.63, 3.8) is 0 Å². The minimum Gasteiger partial charge on any atom is -0.431 e. The molecular weight excluding hydrogens is 218 g/mol. The van der Waals surface area contributed by atoms with Crippen LogP contribution in [0.25, 0.3) is 11.1 Å². The predicted octanol–water partition coefficient (Wildman–Crippen LogP) is 4.36. The maximum Gasteiger partial charge on any atom is 0.261 e. The van der Waals surface area contributed by atoms with E-state index in [4.69, 9.17) is 4.42 Å². The first-order valence-corrected chi connectivity index (χ1v) is 6.07. The first kappa shape index (κ1) is 11.3. The molecule has 0 fully saturated rings. The van der Waals surface area contributed by atoms with Crippen LogP contribution in [-0.4, -0.2) is 4.98 Å². The van der Waals surface area contributed by atoms with E-state index in [1.807, 2.05) is 6.07 Å². The van der Waals surface area contributed by atoms with Gasteiger partial charge in [0.2, 0.25) is 0 Å². The van der Waals surface area contributed by atoms with E-state index in [9.17, 15) is 0 Å². The minimum absolute atomic E-state index is 0.138. The number of aromatic nitrogens is 1. The van der Waals surface area contributed by atoms with Crippen molar-refractivity contribution < 1.29 is 4.42 Å². The van der Waals surface area contributed by atoms with Gasteiger partial charge in [0.15, 0.2) is 5.58 Å². The number of benzene rings is 1. The number of hydrogen-bond donors (Lipinski definition) is 0. The van der Waals surface area contributed by atoms with Gasteiger partial charge in [0.25, 0.3) is 5.22 Å². The number of nitrogens with zero attached hydrogens (tertiary/aromatic N) is 1. The van der Waals surface area contributed by atoms with Crippen LogP contribution in [0.15, 0.2) is 39.8 Å². The molecule has 2 aromatic rings. The van der Waals surface area contributed by atoms with E-state index in [1.54, 1.807) is 5.41 Å². The van der Waals surface area contributed by atoms with E-state index < -0.39 is 0 Å². The molecule has 3 heteroatoms. The molecule has 2 nitrogen and oxygen atoms in total. The smallest absolute Gasteiger partial charge is 0.261 e. The Hall–Kier alpha value is -1.22. The van der Waals surface area contributed by atoms with Crippen molar-refractivity contribution >= 4 is 22.9 Å². The molecule has 16 heavy (non-hydrogen) atoms. The van der Waals surface area contributed by atoms with Crippen molar-refractivity contribution in [1.82, 2.24) is 4.98 Å². The first-order valence-electron chi connectivity index (χ1n) is 5.19. The Morgan fingerprint density at radius 2 is 2.12 bits per heavy atom.